The van der Waals surface area contributed by atoms with Gasteiger partial charge in [0.25, 0.3) is 0 Å². The summed E-state index contributed by atoms with van der Waals surface area (Å²) < 4.78 is 40.5. The van der Waals surface area contributed by atoms with E-state index < -0.39 is 26.8 Å². The van der Waals surface area contributed by atoms with Crippen molar-refractivity contribution in [3.63, 3.8) is 0 Å². The summed E-state index contributed by atoms with van der Waals surface area (Å²) in [6.45, 7) is 3.62. The molecule has 1 saturated carbocycles. The first-order chi connectivity index (χ1) is 11.8. The number of unbranched alkanes of at least 4 members (excludes halogenated alkanes) is 1. The first kappa shape index (κ1) is 19.8. The molecule has 1 amide bonds. The van der Waals surface area contributed by atoms with Crippen LogP contribution >= 0.6 is 0 Å². The summed E-state index contributed by atoms with van der Waals surface area (Å²) in [6, 6.07) is 4.26. The second kappa shape index (κ2) is 8.76. The van der Waals surface area contributed by atoms with Crippen LogP contribution in [-0.4, -0.2) is 26.4 Å². The summed E-state index contributed by atoms with van der Waals surface area (Å²) in [5.74, 6) is -0.745. The summed E-state index contributed by atoms with van der Waals surface area (Å²) >= 11 is 0. The maximum Gasteiger partial charge on any atom is 0.244 e. The zero-order valence-electron chi connectivity index (χ0n) is 14.8. The van der Waals surface area contributed by atoms with Crippen molar-refractivity contribution < 1.29 is 17.6 Å². The molecule has 2 unspecified atom stereocenters. The predicted octanol–water partition coefficient (Wildman–Crippen LogP) is 2.97. The van der Waals surface area contributed by atoms with Crippen molar-refractivity contribution in [3.05, 3.63) is 30.1 Å². The third kappa shape index (κ3) is 5.25. The Kier molecular flexibility index (Phi) is 6.95. The van der Waals surface area contributed by atoms with Gasteiger partial charge in [-0.15, -0.1) is 0 Å². The van der Waals surface area contributed by atoms with Crippen LogP contribution in [0.2, 0.25) is 0 Å². The van der Waals surface area contributed by atoms with E-state index in [4.69, 9.17) is 0 Å². The minimum Gasteiger partial charge on any atom is -0.352 e. The molecule has 1 aromatic rings. The molecule has 1 aliphatic rings. The molecule has 0 bridgehead atoms. The van der Waals surface area contributed by atoms with E-state index >= 15 is 0 Å². The van der Waals surface area contributed by atoms with Crippen LogP contribution in [0.25, 0.3) is 0 Å². The molecule has 0 spiro atoms. The number of carbonyl (C=O) groups excluding carboxylic acids is 1. The van der Waals surface area contributed by atoms with Gasteiger partial charge in [-0.05, 0) is 44.2 Å². The largest absolute Gasteiger partial charge is 0.352 e. The fourth-order valence-corrected chi connectivity index (χ4v) is 4.64. The van der Waals surface area contributed by atoms with E-state index in [1.54, 1.807) is 0 Å². The first-order valence-electron chi connectivity index (χ1n) is 8.92. The molecule has 7 heteroatoms. The Bertz CT molecular complexity index is 693. The van der Waals surface area contributed by atoms with E-state index in [0.717, 1.165) is 44.6 Å². The van der Waals surface area contributed by atoms with Gasteiger partial charge in [0.2, 0.25) is 15.9 Å². The Balaban J connectivity index is 1.97. The van der Waals surface area contributed by atoms with Gasteiger partial charge in [-0.3, -0.25) is 4.79 Å². The molecule has 25 heavy (non-hydrogen) atoms. The molecular formula is C18H27FN2O3S. The topological polar surface area (TPSA) is 75.3 Å². The van der Waals surface area contributed by atoms with E-state index in [9.17, 15) is 17.6 Å². The minimum atomic E-state index is -4.08. The SMILES string of the molecule is CCCCC1CCCC1NC(=O)[C@H](C)NS(=O)(=O)c1ccccc1F. The van der Waals surface area contributed by atoms with E-state index in [2.05, 4.69) is 17.0 Å². The fraction of sp³-hybridized carbons (Fsp3) is 0.611. The van der Waals surface area contributed by atoms with Crippen LogP contribution < -0.4 is 10.0 Å². The number of benzene rings is 1. The van der Waals surface area contributed by atoms with Gasteiger partial charge >= 0.3 is 0 Å². The number of carbonyl (C=O) groups is 1. The molecule has 0 aliphatic heterocycles. The van der Waals surface area contributed by atoms with Gasteiger partial charge in [0.1, 0.15) is 10.7 Å². The van der Waals surface area contributed by atoms with Crippen molar-refractivity contribution in [1.82, 2.24) is 10.0 Å². The average molecular weight is 370 g/mol. The summed E-state index contributed by atoms with van der Waals surface area (Å²) in [5.41, 5.74) is 0. The van der Waals surface area contributed by atoms with E-state index in [1.165, 1.54) is 25.1 Å². The zero-order valence-corrected chi connectivity index (χ0v) is 15.6. The van der Waals surface area contributed by atoms with Crippen molar-refractivity contribution in [2.24, 2.45) is 5.92 Å². The van der Waals surface area contributed by atoms with Crippen molar-refractivity contribution in [3.8, 4) is 0 Å². The third-order valence-electron chi connectivity index (χ3n) is 4.77. The van der Waals surface area contributed by atoms with Crippen LogP contribution in [-0.2, 0) is 14.8 Å². The van der Waals surface area contributed by atoms with Crippen LogP contribution in [0.5, 0.6) is 0 Å². The molecule has 1 aromatic carbocycles. The lowest BCUT2D eigenvalue weighted by molar-refractivity contribution is -0.123. The number of amides is 1. The molecule has 0 aromatic heterocycles. The second-order valence-electron chi connectivity index (χ2n) is 6.72. The summed E-state index contributed by atoms with van der Waals surface area (Å²) in [6.07, 6.45) is 6.43. The number of hydrogen-bond donors (Lipinski definition) is 2. The van der Waals surface area contributed by atoms with Gasteiger partial charge in [-0.25, -0.2) is 12.8 Å². The Hall–Kier alpha value is -1.47. The summed E-state index contributed by atoms with van der Waals surface area (Å²) in [4.78, 5) is 11.9. The van der Waals surface area contributed by atoms with Crippen LogP contribution in [0, 0.1) is 11.7 Å². The maximum atomic E-state index is 13.7. The molecule has 0 heterocycles. The molecule has 0 saturated heterocycles. The first-order valence-corrected chi connectivity index (χ1v) is 10.4. The molecular weight excluding hydrogens is 343 g/mol. The van der Waals surface area contributed by atoms with E-state index in [0.29, 0.717) is 5.92 Å². The molecule has 5 nitrogen and oxygen atoms in total. The minimum absolute atomic E-state index is 0.0967. The number of sulfonamides is 1. The Morgan fingerprint density at radius 2 is 2.04 bits per heavy atom. The lowest BCUT2D eigenvalue weighted by atomic mass is 9.96. The van der Waals surface area contributed by atoms with Gasteiger partial charge in [-0.2, -0.15) is 4.72 Å². The van der Waals surface area contributed by atoms with Crippen molar-refractivity contribution in [2.45, 2.75) is 69.4 Å². The normalized spacial score (nSPS) is 21.9. The molecule has 3 atom stereocenters. The van der Waals surface area contributed by atoms with Crippen LogP contribution in [0.4, 0.5) is 4.39 Å². The third-order valence-corrected chi connectivity index (χ3v) is 6.34. The van der Waals surface area contributed by atoms with E-state index in [-0.39, 0.29) is 11.9 Å². The lowest BCUT2D eigenvalue weighted by Crippen LogP contribution is -2.49. The molecule has 1 fully saturated rings. The predicted molar refractivity (Wildman–Crippen MR) is 95.0 cm³/mol. The van der Waals surface area contributed by atoms with Gasteiger partial charge in [-0.1, -0.05) is 38.3 Å². The monoisotopic (exact) mass is 370 g/mol. The summed E-state index contributed by atoms with van der Waals surface area (Å²) in [5, 5.41) is 2.97. The van der Waals surface area contributed by atoms with Crippen molar-refractivity contribution >= 4 is 15.9 Å². The van der Waals surface area contributed by atoms with Gasteiger partial charge in [0.05, 0.1) is 6.04 Å². The molecule has 0 radical (unpaired) electrons. The highest BCUT2D eigenvalue weighted by molar-refractivity contribution is 7.89. The number of nitrogens with one attached hydrogen (secondary N) is 2. The highest BCUT2D eigenvalue weighted by Crippen LogP contribution is 2.30. The van der Waals surface area contributed by atoms with Crippen LogP contribution in [0.15, 0.2) is 29.2 Å². The number of halogens is 1. The van der Waals surface area contributed by atoms with Crippen molar-refractivity contribution in [2.75, 3.05) is 0 Å². The Morgan fingerprint density at radius 3 is 2.72 bits per heavy atom. The average Bonchev–Trinajstić information content (AvgIpc) is 2.99. The number of hydrogen-bond acceptors (Lipinski definition) is 3. The van der Waals surface area contributed by atoms with Gasteiger partial charge in [0, 0.05) is 6.04 Å². The standard InChI is InChI=1S/C18H27FN2O3S/c1-3-4-8-14-9-7-11-16(14)20-18(22)13(2)21-25(23,24)17-12-6-5-10-15(17)19/h5-6,10,12-14,16,21H,3-4,7-9,11H2,1-2H3,(H,20,22)/t13-,14?,16?/m0/s1. The van der Waals surface area contributed by atoms with Crippen molar-refractivity contribution in [1.29, 1.82) is 0 Å². The van der Waals surface area contributed by atoms with Gasteiger partial charge in [0.15, 0.2) is 0 Å². The highest BCUT2D eigenvalue weighted by atomic mass is 32.2. The fourth-order valence-electron chi connectivity index (χ4n) is 3.36. The zero-order chi connectivity index (χ0) is 18.4. The molecule has 1 aliphatic carbocycles. The highest BCUT2D eigenvalue weighted by Gasteiger charge is 2.30. The lowest BCUT2D eigenvalue weighted by Gasteiger charge is -2.23. The van der Waals surface area contributed by atoms with Crippen LogP contribution in [0.1, 0.15) is 52.4 Å². The molecule has 140 valence electrons. The molecule has 2 rings (SSSR count). The maximum absolute atomic E-state index is 13.7. The van der Waals surface area contributed by atoms with E-state index in [1.807, 2.05) is 0 Å². The smallest absolute Gasteiger partial charge is 0.244 e. The second-order valence-corrected chi connectivity index (χ2v) is 8.40. The Morgan fingerprint density at radius 1 is 1.32 bits per heavy atom. The van der Waals surface area contributed by atoms with Gasteiger partial charge < -0.3 is 5.32 Å². The van der Waals surface area contributed by atoms with Crippen LogP contribution in [0.3, 0.4) is 0 Å². The Labute approximate surface area is 149 Å². The quantitative estimate of drug-likeness (QED) is 0.739. The summed E-state index contributed by atoms with van der Waals surface area (Å²) in [7, 11) is -4.08. The number of rotatable bonds is 8. The molecule has 2 N–H and O–H groups in total.